The zero-order chi connectivity index (χ0) is 14.9. The number of halogens is 1. The van der Waals surface area contributed by atoms with E-state index in [0.717, 1.165) is 18.4 Å². The average Bonchev–Trinajstić information content (AvgIpc) is 3.31. The van der Waals surface area contributed by atoms with E-state index >= 15 is 0 Å². The van der Waals surface area contributed by atoms with Gasteiger partial charge in [0.05, 0.1) is 5.02 Å². The molecule has 0 spiro atoms. The second-order valence-corrected chi connectivity index (χ2v) is 7.37. The van der Waals surface area contributed by atoms with Gasteiger partial charge in [-0.05, 0) is 36.5 Å². The summed E-state index contributed by atoms with van der Waals surface area (Å²) in [5.74, 6) is 0.365. The minimum Gasteiger partial charge on any atom is -0.207 e. The smallest absolute Gasteiger partial charge is 0.207 e. The fourth-order valence-electron chi connectivity index (χ4n) is 2.42. The van der Waals surface area contributed by atoms with Gasteiger partial charge in [0, 0.05) is 6.04 Å². The van der Waals surface area contributed by atoms with Gasteiger partial charge in [-0.2, -0.15) is 0 Å². The molecule has 0 heterocycles. The van der Waals surface area contributed by atoms with Gasteiger partial charge in [-0.15, -0.1) is 0 Å². The predicted molar refractivity (Wildman–Crippen MR) is 83.7 cm³/mol. The Kier molecular flexibility index (Phi) is 4.02. The first kappa shape index (κ1) is 14.6. The maximum atomic E-state index is 12.6. The summed E-state index contributed by atoms with van der Waals surface area (Å²) >= 11 is 6.01. The van der Waals surface area contributed by atoms with Gasteiger partial charge in [-0.25, -0.2) is 13.1 Å². The second kappa shape index (κ2) is 5.79. The molecule has 2 aromatic rings. The van der Waals surface area contributed by atoms with Gasteiger partial charge in [0.2, 0.25) is 10.0 Å². The molecule has 1 N–H and O–H groups in total. The lowest BCUT2D eigenvalue weighted by Gasteiger charge is -2.19. The van der Waals surface area contributed by atoms with Crippen LogP contribution in [0.3, 0.4) is 0 Å². The van der Waals surface area contributed by atoms with Crippen molar-refractivity contribution in [2.24, 2.45) is 5.92 Å². The lowest BCUT2D eigenvalue weighted by Crippen LogP contribution is -2.30. The molecule has 0 saturated heterocycles. The number of rotatable bonds is 5. The monoisotopic (exact) mass is 321 g/mol. The zero-order valence-corrected chi connectivity index (χ0v) is 12.9. The maximum Gasteiger partial charge on any atom is 0.242 e. The standard InChI is InChI=1S/C16H16ClNO2S/c17-14-8-4-5-9-15(14)21(19,20)18-16(13-10-11-13)12-6-2-1-3-7-12/h1-9,13,16,18H,10-11H2/t16-/m1/s1. The van der Waals surface area contributed by atoms with Crippen molar-refractivity contribution in [2.45, 2.75) is 23.8 Å². The van der Waals surface area contributed by atoms with Gasteiger partial charge in [0.25, 0.3) is 0 Å². The van der Waals surface area contributed by atoms with E-state index in [1.165, 1.54) is 6.07 Å². The van der Waals surface area contributed by atoms with Crippen LogP contribution in [0.1, 0.15) is 24.4 Å². The van der Waals surface area contributed by atoms with Crippen molar-refractivity contribution in [3.63, 3.8) is 0 Å². The summed E-state index contributed by atoms with van der Waals surface area (Å²) in [6.45, 7) is 0. The van der Waals surface area contributed by atoms with E-state index in [1.54, 1.807) is 18.2 Å². The third-order valence-electron chi connectivity index (χ3n) is 3.66. The molecule has 1 fully saturated rings. The van der Waals surface area contributed by atoms with Crippen LogP contribution in [-0.4, -0.2) is 8.42 Å². The second-order valence-electron chi connectivity index (χ2n) is 5.28. The van der Waals surface area contributed by atoms with Crippen LogP contribution in [0.2, 0.25) is 5.02 Å². The highest BCUT2D eigenvalue weighted by Crippen LogP contribution is 2.41. The van der Waals surface area contributed by atoms with Gasteiger partial charge in [0.1, 0.15) is 4.90 Å². The Morgan fingerprint density at radius 2 is 1.62 bits per heavy atom. The van der Waals surface area contributed by atoms with E-state index in [1.807, 2.05) is 30.3 Å². The number of hydrogen-bond donors (Lipinski definition) is 1. The van der Waals surface area contributed by atoms with Crippen molar-refractivity contribution in [2.75, 3.05) is 0 Å². The van der Waals surface area contributed by atoms with Gasteiger partial charge < -0.3 is 0 Å². The van der Waals surface area contributed by atoms with Crippen LogP contribution in [0, 0.1) is 5.92 Å². The topological polar surface area (TPSA) is 46.2 Å². The average molecular weight is 322 g/mol. The molecule has 3 rings (SSSR count). The van der Waals surface area contributed by atoms with Crippen molar-refractivity contribution in [3.8, 4) is 0 Å². The van der Waals surface area contributed by atoms with Crippen LogP contribution in [0.4, 0.5) is 0 Å². The number of sulfonamides is 1. The highest BCUT2D eigenvalue weighted by molar-refractivity contribution is 7.89. The quantitative estimate of drug-likeness (QED) is 0.911. The van der Waals surface area contributed by atoms with E-state index in [4.69, 9.17) is 11.6 Å². The van der Waals surface area contributed by atoms with Crippen molar-refractivity contribution in [1.82, 2.24) is 4.72 Å². The summed E-state index contributed by atoms with van der Waals surface area (Å²) < 4.78 is 28.0. The molecule has 0 aromatic heterocycles. The lowest BCUT2D eigenvalue weighted by atomic mass is 10.0. The van der Waals surface area contributed by atoms with E-state index in [2.05, 4.69) is 4.72 Å². The molecule has 1 saturated carbocycles. The first-order valence-electron chi connectivity index (χ1n) is 6.90. The molecule has 0 radical (unpaired) electrons. The van der Waals surface area contributed by atoms with Gasteiger partial charge in [-0.3, -0.25) is 0 Å². The molecule has 1 atom stereocenters. The minimum atomic E-state index is -3.63. The maximum absolute atomic E-state index is 12.6. The number of benzene rings is 2. The van der Waals surface area contributed by atoms with Crippen LogP contribution >= 0.6 is 11.6 Å². The highest BCUT2D eigenvalue weighted by Gasteiger charge is 2.35. The molecule has 110 valence electrons. The van der Waals surface area contributed by atoms with Gasteiger partial charge in [0.15, 0.2) is 0 Å². The third kappa shape index (κ3) is 3.28. The Bertz CT molecular complexity index is 727. The fraction of sp³-hybridized carbons (Fsp3) is 0.250. The summed E-state index contributed by atoms with van der Waals surface area (Å²) in [7, 11) is -3.63. The van der Waals surface area contributed by atoms with Crippen LogP contribution in [0.5, 0.6) is 0 Å². The highest BCUT2D eigenvalue weighted by atomic mass is 35.5. The predicted octanol–water partition coefficient (Wildman–Crippen LogP) is 3.77. The molecule has 3 nitrogen and oxygen atoms in total. The third-order valence-corrected chi connectivity index (χ3v) is 5.60. The van der Waals surface area contributed by atoms with Crippen molar-refractivity contribution in [3.05, 3.63) is 65.2 Å². The Hall–Kier alpha value is -1.36. The number of nitrogens with one attached hydrogen (secondary N) is 1. The van der Waals surface area contributed by atoms with Crippen molar-refractivity contribution < 1.29 is 8.42 Å². The SMILES string of the molecule is O=S(=O)(N[C@H](c1ccccc1)C1CC1)c1ccccc1Cl. The molecule has 0 amide bonds. The van der Waals surface area contributed by atoms with Crippen molar-refractivity contribution >= 4 is 21.6 Å². The van der Waals surface area contributed by atoms with Gasteiger partial charge in [-0.1, -0.05) is 54.1 Å². The largest absolute Gasteiger partial charge is 0.242 e. The van der Waals surface area contributed by atoms with E-state index in [-0.39, 0.29) is 16.0 Å². The van der Waals surface area contributed by atoms with Crippen LogP contribution in [0.15, 0.2) is 59.5 Å². The Morgan fingerprint density at radius 1 is 1.00 bits per heavy atom. The lowest BCUT2D eigenvalue weighted by molar-refractivity contribution is 0.529. The summed E-state index contributed by atoms with van der Waals surface area (Å²) in [5.41, 5.74) is 0.996. The number of hydrogen-bond acceptors (Lipinski definition) is 2. The fourth-order valence-corrected chi connectivity index (χ4v) is 4.23. The van der Waals surface area contributed by atoms with Crippen LogP contribution in [-0.2, 0) is 10.0 Å². The summed E-state index contributed by atoms with van der Waals surface area (Å²) in [4.78, 5) is 0.133. The zero-order valence-electron chi connectivity index (χ0n) is 11.4. The first-order chi connectivity index (χ1) is 10.1. The molecule has 1 aliphatic rings. The Labute approximate surface area is 130 Å². The van der Waals surface area contributed by atoms with Crippen molar-refractivity contribution in [1.29, 1.82) is 0 Å². The molecule has 5 heteroatoms. The minimum absolute atomic E-state index is 0.133. The first-order valence-corrected chi connectivity index (χ1v) is 8.76. The molecular formula is C16H16ClNO2S. The molecule has 2 aromatic carbocycles. The molecular weight excluding hydrogens is 306 g/mol. The molecule has 21 heavy (non-hydrogen) atoms. The van der Waals surface area contributed by atoms with E-state index in [0.29, 0.717) is 5.92 Å². The summed E-state index contributed by atoms with van der Waals surface area (Å²) in [5, 5.41) is 0.243. The molecule has 0 aliphatic heterocycles. The van der Waals surface area contributed by atoms with Crippen LogP contribution < -0.4 is 4.72 Å². The molecule has 0 bridgehead atoms. The van der Waals surface area contributed by atoms with Crippen LogP contribution in [0.25, 0.3) is 0 Å². The van der Waals surface area contributed by atoms with E-state index in [9.17, 15) is 8.42 Å². The Morgan fingerprint density at radius 3 is 2.24 bits per heavy atom. The Balaban J connectivity index is 1.91. The summed E-state index contributed by atoms with van der Waals surface area (Å²) in [6, 6.07) is 16.0. The molecule has 0 unspecified atom stereocenters. The summed E-state index contributed by atoms with van der Waals surface area (Å²) in [6.07, 6.45) is 2.09. The molecule has 1 aliphatic carbocycles. The van der Waals surface area contributed by atoms with Gasteiger partial charge >= 0.3 is 0 Å². The van der Waals surface area contributed by atoms with E-state index < -0.39 is 10.0 Å². The normalized spacial score (nSPS) is 16.6.